The lowest BCUT2D eigenvalue weighted by Crippen LogP contribution is -2.39. The van der Waals surface area contributed by atoms with Crippen LogP contribution in [0.15, 0.2) is 82.7 Å². The number of fused-ring (bicyclic) bond motifs is 1. The van der Waals surface area contributed by atoms with E-state index in [1.165, 1.54) is 29.2 Å². The third-order valence-corrected chi connectivity index (χ3v) is 9.23. The van der Waals surface area contributed by atoms with Crippen LogP contribution < -0.4 is 33.8 Å². The van der Waals surface area contributed by atoms with Gasteiger partial charge in [0.05, 0.1) is 53.1 Å². The number of allylic oxidation sites excluding steroid dienone is 1. The molecule has 0 aliphatic carbocycles. The van der Waals surface area contributed by atoms with Crippen LogP contribution in [0.4, 0.5) is 0 Å². The van der Waals surface area contributed by atoms with E-state index in [0.29, 0.717) is 74.2 Å². The molecule has 12 heteroatoms. The Morgan fingerprint density at radius 3 is 2.37 bits per heavy atom. The van der Waals surface area contributed by atoms with Gasteiger partial charge in [0, 0.05) is 11.8 Å². The Balaban J connectivity index is 1.60. The van der Waals surface area contributed by atoms with E-state index in [0.717, 1.165) is 16.7 Å². The quantitative estimate of drug-likeness (QED) is 0.104. The summed E-state index contributed by atoms with van der Waals surface area (Å²) in [4.78, 5) is 32.1. The van der Waals surface area contributed by atoms with Gasteiger partial charge in [-0.2, -0.15) is 0 Å². The van der Waals surface area contributed by atoms with E-state index in [1.807, 2.05) is 45.0 Å². The van der Waals surface area contributed by atoms with Crippen LogP contribution in [0.25, 0.3) is 6.08 Å². The minimum Gasteiger partial charge on any atom is -0.490 e. The Hall–Kier alpha value is -4.51. The molecular formula is C37H36Cl2N2O7S. The minimum absolute atomic E-state index is 0.212. The van der Waals surface area contributed by atoms with Gasteiger partial charge in [0.15, 0.2) is 27.8 Å². The molecule has 0 saturated heterocycles. The molecule has 1 atom stereocenters. The zero-order valence-electron chi connectivity index (χ0n) is 27.6. The van der Waals surface area contributed by atoms with Gasteiger partial charge in [-0.3, -0.25) is 9.36 Å². The molecule has 256 valence electrons. The standard InChI is InChI=1S/C37H36Cl2N2O7S/c1-6-10-25-15-23(17-31(47-9-4)34(25)48-21-22-11-13-27(38)28(39)16-22)18-32-35(42)41-33(26(36(43)44-5)20-40-37(41)49-32)24-12-14-29(45-7-2)30(19-24)46-8-3/h6,11-20,33H,1,7-10,21H2,2-5H3/b32-18-/t33-/m1/s1. The molecule has 0 fully saturated rings. The maximum absolute atomic E-state index is 14.2. The lowest BCUT2D eigenvalue weighted by Gasteiger charge is -2.23. The van der Waals surface area contributed by atoms with Gasteiger partial charge in [-0.05, 0) is 86.4 Å². The first-order valence-electron chi connectivity index (χ1n) is 15.7. The second-order valence-corrected chi connectivity index (χ2v) is 12.5. The number of halogens is 2. The van der Waals surface area contributed by atoms with Crippen LogP contribution in [0.2, 0.25) is 10.0 Å². The topological polar surface area (TPSA) is 97.6 Å². The fourth-order valence-corrected chi connectivity index (χ4v) is 6.71. The zero-order chi connectivity index (χ0) is 35.1. The van der Waals surface area contributed by atoms with Gasteiger partial charge in [0.25, 0.3) is 5.56 Å². The van der Waals surface area contributed by atoms with Gasteiger partial charge in [-0.1, -0.05) is 52.7 Å². The number of hydrogen-bond acceptors (Lipinski definition) is 9. The summed E-state index contributed by atoms with van der Waals surface area (Å²) < 4.78 is 30.9. The van der Waals surface area contributed by atoms with Crippen LogP contribution >= 0.6 is 34.5 Å². The van der Waals surface area contributed by atoms with Gasteiger partial charge < -0.3 is 23.7 Å². The van der Waals surface area contributed by atoms with Crippen LogP contribution in [0, 0.1) is 0 Å². The molecule has 5 rings (SSSR count). The van der Waals surface area contributed by atoms with Crippen molar-refractivity contribution in [3.05, 3.63) is 125 Å². The van der Waals surface area contributed by atoms with Crippen molar-refractivity contribution >= 4 is 46.6 Å². The second kappa shape index (κ2) is 16.3. The van der Waals surface area contributed by atoms with E-state index in [9.17, 15) is 9.59 Å². The highest BCUT2D eigenvalue weighted by atomic mass is 35.5. The summed E-state index contributed by atoms with van der Waals surface area (Å²) in [5.41, 5.74) is 2.91. The number of thiazole rings is 1. The Bertz CT molecular complexity index is 2090. The molecule has 0 amide bonds. The summed E-state index contributed by atoms with van der Waals surface area (Å²) in [7, 11) is 1.30. The van der Waals surface area contributed by atoms with E-state index >= 15 is 0 Å². The van der Waals surface area contributed by atoms with Crippen molar-refractivity contribution in [3.63, 3.8) is 0 Å². The van der Waals surface area contributed by atoms with E-state index < -0.39 is 12.0 Å². The molecule has 0 saturated carbocycles. The monoisotopic (exact) mass is 722 g/mol. The smallest absolute Gasteiger partial charge is 0.337 e. The fraction of sp³-hybridized carbons (Fsp3) is 0.270. The Morgan fingerprint density at radius 1 is 0.939 bits per heavy atom. The van der Waals surface area contributed by atoms with Crippen LogP contribution in [-0.2, 0) is 22.6 Å². The number of rotatable bonds is 14. The number of ether oxygens (including phenoxy) is 5. The second-order valence-electron chi connectivity index (χ2n) is 10.7. The molecule has 1 aliphatic rings. The molecule has 0 radical (unpaired) electrons. The third kappa shape index (κ3) is 7.88. The molecule has 1 aromatic heterocycles. The zero-order valence-corrected chi connectivity index (χ0v) is 29.9. The molecule has 0 N–H and O–H groups in total. The highest BCUT2D eigenvalue weighted by Gasteiger charge is 2.31. The molecule has 4 aromatic rings. The average Bonchev–Trinajstić information content (AvgIpc) is 3.40. The van der Waals surface area contributed by atoms with Crippen LogP contribution in [0.1, 0.15) is 49.1 Å². The average molecular weight is 724 g/mol. The van der Waals surface area contributed by atoms with E-state index in [4.69, 9.17) is 46.9 Å². The van der Waals surface area contributed by atoms with Crippen molar-refractivity contribution in [1.29, 1.82) is 0 Å². The largest absolute Gasteiger partial charge is 0.490 e. The lowest BCUT2D eigenvalue weighted by atomic mass is 9.97. The fourth-order valence-electron chi connectivity index (χ4n) is 5.42. The number of hydrogen-bond donors (Lipinski definition) is 0. The maximum atomic E-state index is 14.2. The highest BCUT2D eigenvalue weighted by Crippen LogP contribution is 2.37. The van der Waals surface area contributed by atoms with Crippen molar-refractivity contribution in [3.8, 4) is 23.0 Å². The van der Waals surface area contributed by atoms with E-state index in [1.54, 1.807) is 36.4 Å². The molecular weight excluding hydrogens is 687 g/mol. The summed E-state index contributed by atoms with van der Waals surface area (Å²) >= 11 is 13.5. The number of carbonyl (C=O) groups is 1. The SMILES string of the molecule is C=CCc1cc(/C=c2\sc3n(c2=O)[C@H](c2ccc(OCC)c(OCC)c2)C(C(=O)OC)=CN=3)cc(OCC)c1OCc1ccc(Cl)c(Cl)c1. The Labute approximate surface area is 298 Å². The number of aromatic nitrogens is 1. The molecule has 3 aromatic carbocycles. The van der Waals surface area contributed by atoms with Gasteiger partial charge >= 0.3 is 5.97 Å². The molecule has 0 spiro atoms. The number of benzene rings is 3. The minimum atomic E-state index is -0.812. The lowest BCUT2D eigenvalue weighted by molar-refractivity contribution is -0.136. The van der Waals surface area contributed by atoms with Crippen molar-refractivity contribution in [1.82, 2.24) is 4.57 Å². The Morgan fingerprint density at radius 2 is 1.67 bits per heavy atom. The molecule has 49 heavy (non-hydrogen) atoms. The normalized spacial score (nSPS) is 14.0. The summed E-state index contributed by atoms with van der Waals surface area (Å²) in [6.07, 6.45) is 5.50. The first-order chi connectivity index (χ1) is 23.7. The maximum Gasteiger partial charge on any atom is 0.337 e. The molecule has 9 nitrogen and oxygen atoms in total. The van der Waals surface area contributed by atoms with Crippen molar-refractivity contribution in [2.24, 2.45) is 4.99 Å². The van der Waals surface area contributed by atoms with Crippen LogP contribution in [-0.4, -0.2) is 37.5 Å². The molecule has 0 bridgehead atoms. The van der Waals surface area contributed by atoms with E-state index in [-0.39, 0.29) is 17.7 Å². The number of carbonyl (C=O) groups excluding carboxylic acids is 1. The first kappa shape index (κ1) is 35.8. The van der Waals surface area contributed by atoms with Gasteiger partial charge in [-0.25, -0.2) is 9.79 Å². The number of esters is 1. The molecule has 2 heterocycles. The predicted octanol–water partition coefficient (Wildman–Crippen LogP) is 6.83. The number of methoxy groups -OCH3 is 1. The van der Waals surface area contributed by atoms with Crippen LogP contribution in [0.5, 0.6) is 23.0 Å². The van der Waals surface area contributed by atoms with Gasteiger partial charge in [-0.15, -0.1) is 6.58 Å². The van der Waals surface area contributed by atoms with E-state index in [2.05, 4.69) is 11.6 Å². The van der Waals surface area contributed by atoms with Gasteiger partial charge in [0.2, 0.25) is 0 Å². The third-order valence-electron chi connectivity index (χ3n) is 7.49. The van der Waals surface area contributed by atoms with Crippen molar-refractivity contribution in [2.75, 3.05) is 26.9 Å². The van der Waals surface area contributed by atoms with Crippen molar-refractivity contribution < 1.29 is 28.5 Å². The molecule has 1 aliphatic heterocycles. The van der Waals surface area contributed by atoms with Crippen molar-refractivity contribution in [2.45, 2.75) is 39.8 Å². The summed E-state index contributed by atoms with van der Waals surface area (Å²) in [6, 6.07) is 13.7. The summed E-state index contributed by atoms with van der Waals surface area (Å²) in [5.74, 6) is 1.56. The van der Waals surface area contributed by atoms with Gasteiger partial charge in [0.1, 0.15) is 6.61 Å². The Kier molecular flexibility index (Phi) is 11.9. The molecule has 0 unspecified atom stereocenters. The number of nitrogens with zero attached hydrogens (tertiary/aromatic N) is 2. The highest BCUT2D eigenvalue weighted by molar-refractivity contribution is 7.07. The first-order valence-corrected chi connectivity index (χ1v) is 17.3. The van der Waals surface area contributed by atoms with Crippen LogP contribution in [0.3, 0.4) is 0 Å². The summed E-state index contributed by atoms with van der Waals surface area (Å²) in [5, 5.41) is 0.902. The predicted molar refractivity (Wildman–Crippen MR) is 192 cm³/mol. The summed E-state index contributed by atoms with van der Waals surface area (Å²) in [6.45, 7) is 11.0.